The lowest BCUT2D eigenvalue weighted by Crippen LogP contribution is -2.38. The van der Waals surface area contributed by atoms with Crippen LogP contribution in [0.25, 0.3) is 0 Å². The number of nitrogens with two attached hydrogens (primary N) is 1. The van der Waals surface area contributed by atoms with Crippen molar-refractivity contribution in [3.8, 4) is 5.75 Å². The van der Waals surface area contributed by atoms with Gasteiger partial charge >= 0.3 is 0 Å². The fourth-order valence-corrected chi connectivity index (χ4v) is 2.95. The third-order valence-corrected chi connectivity index (χ3v) is 4.24. The van der Waals surface area contributed by atoms with E-state index < -0.39 is 0 Å². The molecule has 0 aromatic heterocycles. The molecule has 1 heterocycles. The van der Waals surface area contributed by atoms with Crippen molar-refractivity contribution in [1.82, 2.24) is 10.6 Å². The maximum absolute atomic E-state index is 12.1. The number of carbonyl (C=O) groups is 1. The van der Waals surface area contributed by atoms with Crippen molar-refractivity contribution in [2.24, 2.45) is 10.7 Å². The van der Waals surface area contributed by atoms with Gasteiger partial charge in [0.05, 0.1) is 19.2 Å². The number of rotatable bonds is 5. The highest BCUT2D eigenvalue weighted by Crippen LogP contribution is 2.31. The molecule has 0 bridgehead atoms. The molecule has 4 N–H and O–H groups in total. The third kappa shape index (κ3) is 5.85. The van der Waals surface area contributed by atoms with E-state index in [1.165, 1.54) is 0 Å². The molecular weight excluding hydrogens is 455 g/mol. The summed E-state index contributed by atoms with van der Waals surface area (Å²) in [6.07, 6.45) is 0.831. The SMILES string of the molecule is Cc1cccc(C(=O)NCCN=C(N)NC2CCOc3ccccc32)c1.I. The molecule has 27 heavy (non-hydrogen) atoms. The van der Waals surface area contributed by atoms with Crippen LogP contribution in [0.1, 0.15) is 33.9 Å². The summed E-state index contributed by atoms with van der Waals surface area (Å²) in [6.45, 7) is 3.46. The average molecular weight is 480 g/mol. The van der Waals surface area contributed by atoms with Gasteiger partial charge in [-0.25, -0.2) is 0 Å². The smallest absolute Gasteiger partial charge is 0.251 e. The Bertz CT molecular complexity index is 810. The lowest BCUT2D eigenvalue weighted by Gasteiger charge is -2.26. The van der Waals surface area contributed by atoms with Crippen molar-refractivity contribution in [3.05, 3.63) is 65.2 Å². The highest BCUT2D eigenvalue weighted by molar-refractivity contribution is 14.0. The number of nitrogens with one attached hydrogen (secondary N) is 2. The molecule has 0 saturated carbocycles. The van der Waals surface area contributed by atoms with E-state index in [1.807, 2.05) is 49.4 Å². The Morgan fingerprint density at radius 1 is 1.26 bits per heavy atom. The Labute approximate surface area is 176 Å². The zero-order valence-corrected chi connectivity index (χ0v) is 17.6. The number of aryl methyl sites for hydroxylation is 1. The monoisotopic (exact) mass is 480 g/mol. The molecule has 1 amide bonds. The number of ether oxygens (including phenoxy) is 1. The fraction of sp³-hybridized carbons (Fsp3) is 0.300. The summed E-state index contributed by atoms with van der Waals surface area (Å²) >= 11 is 0. The number of guanidine groups is 1. The lowest BCUT2D eigenvalue weighted by atomic mass is 10.0. The first kappa shape index (κ1) is 21.0. The first-order valence-corrected chi connectivity index (χ1v) is 8.76. The van der Waals surface area contributed by atoms with Gasteiger partial charge in [-0.3, -0.25) is 9.79 Å². The molecule has 0 radical (unpaired) electrons. The molecule has 2 aromatic carbocycles. The molecule has 1 aliphatic heterocycles. The van der Waals surface area contributed by atoms with Crippen LogP contribution in [0.15, 0.2) is 53.5 Å². The summed E-state index contributed by atoms with van der Waals surface area (Å²) in [7, 11) is 0. The molecule has 1 atom stereocenters. The number of nitrogens with zero attached hydrogens (tertiary/aromatic N) is 1. The molecule has 1 unspecified atom stereocenters. The molecule has 144 valence electrons. The molecule has 3 rings (SSSR count). The highest BCUT2D eigenvalue weighted by Gasteiger charge is 2.21. The van der Waals surface area contributed by atoms with Crippen LogP contribution in [0, 0.1) is 6.92 Å². The van der Waals surface area contributed by atoms with Gasteiger partial charge in [-0.05, 0) is 25.1 Å². The van der Waals surface area contributed by atoms with Crippen LogP contribution in [0.4, 0.5) is 0 Å². The molecule has 1 aliphatic rings. The van der Waals surface area contributed by atoms with E-state index in [9.17, 15) is 4.79 Å². The number of carbonyl (C=O) groups excluding carboxylic acids is 1. The van der Waals surface area contributed by atoms with Crippen LogP contribution in [0.2, 0.25) is 0 Å². The van der Waals surface area contributed by atoms with Crippen LogP contribution in [0.5, 0.6) is 5.75 Å². The number of hydrogen-bond donors (Lipinski definition) is 3. The first-order chi connectivity index (χ1) is 12.6. The van der Waals surface area contributed by atoms with Crippen LogP contribution in [0.3, 0.4) is 0 Å². The predicted octanol–water partition coefficient (Wildman–Crippen LogP) is 2.77. The predicted molar refractivity (Wildman–Crippen MR) is 118 cm³/mol. The highest BCUT2D eigenvalue weighted by atomic mass is 127. The summed E-state index contributed by atoms with van der Waals surface area (Å²) in [6, 6.07) is 15.5. The lowest BCUT2D eigenvalue weighted by molar-refractivity contribution is 0.0954. The first-order valence-electron chi connectivity index (χ1n) is 8.76. The quantitative estimate of drug-likeness (QED) is 0.266. The minimum absolute atomic E-state index is 0. The van der Waals surface area contributed by atoms with Crippen molar-refractivity contribution >= 4 is 35.8 Å². The van der Waals surface area contributed by atoms with E-state index in [-0.39, 0.29) is 35.9 Å². The number of halogens is 1. The van der Waals surface area contributed by atoms with Crippen molar-refractivity contribution in [3.63, 3.8) is 0 Å². The number of para-hydroxylation sites is 1. The van der Waals surface area contributed by atoms with Crippen LogP contribution in [-0.4, -0.2) is 31.6 Å². The van der Waals surface area contributed by atoms with Crippen molar-refractivity contribution in [2.75, 3.05) is 19.7 Å². The molecule has 0 saturated heterocycles. The van der Waals surface area contributed by atoms with E-state index in [2.05, 4.69) is 15.6 Å². The minimum Gasteiger partial charge on any atom is -0.493 e. The summed E-state index contributed by atoms with van der Waals surface area (Å²) in [5.41, 5.74) is 8.79. The Hall–Kier alpha value is -2.29. The summed E-state index contributed by atoms with van der Waals surface area (Å²) in [5.74, 6) is 1.15. The van der Waals surface area contributed by atoms with E-state index >= 15 is 0 Å². The largest absolute Gasteiger partial charge is 0.493 e. The fourth-order valence-electron chi connectivity index (χ4n) is 2.95. The van der Waals surface area contributed by atoms with Gasteiger partial charge in [-0.1, -0.05) is 35.9 Å². The Morgan fingerprint density at radius 2 is 2.07 bits per heavy atom. The maximum atomic E-state index is 12.1. The van der Waals surface area contributed by atoms with Crippen molar-refractivity contribution in [1.29, 1.82) is 0 Å². The average Bonchev–Trinajstić information content (AvgIpc) is 2.65. The van der Waals surface area contributed by atoms with Gasteiger partial charge < -0.3 is 21.1 Å². The van der Waals surface area contributed by atoms with E-state index in [4.69, 9.17) is 10.5 Å². The van der Waals surface area contributed by atoms with E-state index in [1.54, 1.807) is 6.07 Å². The van der Waals surface area contributed by atoms with Gasteiger partial charge in [0, 0.05) is 24.1 Å². The standard InChI is InChI=1S/C20H24N4O2.HI/c1-14-5-4-6-15(13-14)19(25)22-10-11-23-20(21)24-17-9-12-26-18-8-3-2-7-16(17)18;/h2-8,13,17H,9-12H2,1H3,(H,22,25)(H3,21,23,24);1H. The van der Waals surface area contributed by atoms with Crippen molar-refractivity contribution < 1.29 is 9.53 Å². The Balaban J connectivity index is 0.00000261. The second kappa shape index (κ2) is 10.1. The zero-order valence-electron chi connectivity index (χ0n) is 15.3. The van der Waals surface area contributed by atoms with E-state index in [0.29, 0.717) is 31.2 Å². The van der Waals surface area contributed by atoms with Crippen molar-refractivity contribution in [2.45, 2.75) is 19.4 Å². The Morgan fingerprint density at radius 3 is 2.89 bits per heavy atom. The second-order valence-electron chi connectivity index (χ2n) is 6.26. The molecule has 0 fully saturated rings. The second-order valence-corrected chi connectivity index (χ2v) is 6.26. The summed E-state index contributed by atoms with van der Waals surface area (Å²) < 4.78 is 5.64. The van der Waals surface area contributed by atoms with Gasteiger partial charge in [0.1, 0.15) is 5.75 Å². The van der Waals surface area contributed by atoms with Gasteiger partial charge in [-0.15, -0.1) is 24.0 Å². The summed E-state index contributed by atoms with van der Waals surface area (Å²) in [4.78, 5) is 16.4. The molecule has 0 aliphatic carbocycles. The van der Waals surface area contributed by atoms with Gasteiger partial charge in [0.15, 0.2) is 5.96 Å². The Kier molecular flexibility index (Phi) is 7.90. The molecular formula is C20H25IN4O2. The number of amides is 1. The van der Waals surface area contributed by atoms with E-state index in [0.717, 1.165) is 23.3 Å². The van der Waals surface area contributed by atoms with Gasteiger partial charge in [0.25, 0.3) is 5.91 Å². The van der Waals surface area contributed by atoms with Gasteiger partial charge in [0.2, 0.25) is 0 Å². The molecule has 2 aromatic rings. The topological polar surface area (TPSA) is 88.7 Å². The molecule has 0 spiro atoms. The molecule has 7 heteroatoms. The normalized spacial score (nSPS) is 15.7. The number of benzene rings is 2. The number of hydrogen-bond acceptors (Lipinski definition) is 3. The zero-order chi connectivity index (χ0) is 18.4. The number of fused-ring (bicyclic) bond motifs is 1. The molecule has 6 nitrogen and oxygen atoms in total. The number of aliphatic imine (C=N–C) groups is 1. The minimum atomic E-state index is -0.103. The third-order valence-electron chi connectivity index (χ3n) is 4.24. The van der Waals surface area contributed by atoms with Crippen LogP contribution in [-0.2, 0) is 0 Å². The van der Waals surface area contributed by atoms with Gasteiger partial charge in [-0.2, -0.15) is 0 Å². The van der Waals surface area contributed by atoms with Crippen LogP contribution >= 0.6 is 24.0 Å². The maximum Gasteiger partial charge on any atom is 0.251 e. The summed E-state index contributed by atoms with van der Waals surface area (Å²) in [5, 5.41) is 6.09. The van der Waals surface area contributed by atoms with Crippen LogP contribution < -0.4 is 21.1 Å².